The van der Waals surface area contributed by atoms with Gasteiger partial charge in [0.2, 0.25) is 0 Å². The first-order valence-corrected chi connectivity index (χ1v) is 3.85. The van der Waals surface area contributed by atoms with Crippen LogP contribution in [0.1, 0.15) is 12.1 Å². The van der Waals surface area contributed by atoms with E-state index in [1.807, 2.05) is 13.4 Å². The highest BCUT2D eigenvalue weighted by atomic mass is 15.2. The van der Waals surface area contributed by atoms with Crippen molar-refractivity contribution in [3.63, 3.8) is 0 Å². The van der Waals surface area contributed by atoms with Gasteiger partial charge in [-0.1, -0.05) is 0 Å². The molecule has 0 radical (unpaired) electrons. The number of rotatable bonds is 0. The highest BCUT2D eigenvalue weighted by Crippen LogP contribution is 2.19. The third-order valence-electron chi connectivity index (χ3n) is 2.10. The fraction of sp³-hybridized carbons (Fsp3) is 0.500. The molecular weight excluding hydrogens is 138 g/mol. The molecule has 11 heavy (non-hydrogen) atoms. The minimum Gasteiger partial charge on any atom is -0.239 e. The molecule has 0 saturated heterocycles. The number of hydrogen-bond acceptors (Lipinski definition) is 1. The number of aromatic nitrogens is 2. The third-order valence-corrected chi connectivity index (χ3v) is 2.10. The van der Waals surface area contributed by atoms with E-state index in [-0.39, 0.29) is 0 Å². The van der Waals surface area contributed by atoms with Crippen LogP contribution in [0.2, 0.25) is 0 Å². The molecule has 2 heterocycles. The summed E-state index contributed by atoms with van der Waals surface area (Å²) < 4.78 is 4.21. The molecule has 1 aromatic rings. The van der Waals surface area contributed by atoms with Gasteiger partial charge < -0.3 is 0 Å². The summed E-state index contributed by atoms with van der Waals surface area (Å²) >= 11 is 0. The van der Waals surface area contributed by atoms with Gasteiger partial charge >= 0.3 is 5.82 Å². The van der Waals surface area contributed by atoms with Gasteiger partial charge in [0.25, 0.3) is 0 Å². The van der Waals surface area contributed by atoms with Crippen LogP contribution in [-0.4, -0.2) is 27.4 Å². The monoisotopic (exact) mass is 150 g/mol. The Labute approximate surface area is 66.0 Å². The molecule has 0 aliphatic carbocycles. The zero-order valence-corrected chi connectivity index (χ0v) is 6.91. The lowest BCUT2D eigenvalue weighted by Crippen LogP contribution is -2.11. The van der Waals surface area contributed by atoms with E-state index in [4.69, 9.17) is 0 Å². The lowest BCUT2D eigenvalue weighted by molar-refractivity contribution is -0.410. The predicted molar refractivity (Wildman–Crippen MR) is 43.4 cm³/mol. The maximum absolute atomic E-state index is 4.31. The predicted octanol–water partition coefficient (Wildman–Crippen LogP) is 0.711. The van der Waals surface area contributed by atoms with Crippen molar-refractivity contribution in [1.29, 1.82) is 0 Å². The summed E-state index contributed by atoms with van der Waals surface area (Å²) in [5.74, 6) is 1.23. The van der Waals surface area contributed by atoms with Crippen LogP contribution in [0.5, 0.6) is 0 Å². The highest BCUT2D eigenvalue weighted by molar-refractivity contribution is 5.57. The van der Waals surface area contributed by atoms with E-state index >= 15 is 0 Å². The Balaban J connectivity index is 2.61. The fourth-order valence-corrected chi connectivity index (χ4v) is 1.58. The van der Waals surface area contributed by atoms with Gasteiger partial charge in [-0.3, -0.25) is 0 Å². The largest absolute Gasteiger partial charge is 0.303 e. The molecule has 0 spiro atoms. The van der Waals surface area contributed by atoms with Crippen molar-refractivity contribution >= 4 is 12.0 Å². The Morgan fingerprint density at radius 3 is 3.18 bits per heavy atom. The maximum atomic E-state index is 4.31. The summed E-state index contributed by atoms with van der Waals surface area (Å²) in [6.07, 6.45) is 6.27. The average Bonchev–Trinajstić information content (AvgIpc) is 2.34. The van der Waals surface area contributed by atoms with Crippen molar-refractivity contribution in [2.45, 2.75) is 12.8 Å². The number of hydrogen-bond donors (Lipinski definition) is 0. The Morgan fingerprint density at radius 1 is 1.64 bits per heavy atom. The van der Waals surface area contributed by atoms with E-state index in [2.05, 4.69) is 27.4 Å². The van der Waals surface area contributed by atoms with E-state index in [1.165, 1.54) is 11.5 Å². The summed E-state index contributed by atoms with van der Waals surface area (Å²) in [5.41, 5.74) is 1.22. The molecule has 0 amide bonds. The average molecular weight is 150 g/mol. The molecule has 0 aromatic carbocycles. The second-order valence-corrected chi connectivity index (χ2v) is 2.96. The van der Waals surface area contributed by atoms with Gasteiger partial charge in [-0.15, -0.1) is 0 Å². The number of nitrogens with zero attached hydrogens (tertiary/aromatic N) is 3. The van der Waals surface area contributed by atoms with Crippen molar-refractivity contribution in [3.8, 4) is 0 Å². The maximum Gasteiger partial charge on any atom is 0.303 e. The Hall–Kier alpha value is -1.12. The van der Waals surface area contributed by atoms with Crippen LogP contribution in [0.15, 0.2) is 6.33 Å². The standard InChI is InChI=1S/C8H12N3/c1-10-5-3-4-7-8(10)11(2)6-9-7/h5-6H,3-4H2,1-2H3/q+1. The molecular formula is C8H12N3+. The zero-order valence-electron chi connectivity index (χ0n) is 6.91. The summed E-state index contributed by atoms with van der Waals surface area (Å²) in [6, 6.07) is 0. The van der Waals surface area contributed by atoms with Crippen LogP contribution in [0.25, 0.3) is 0 Å². The molecule has 1 aliphatic heterocycles. The molecule has 0 N–H and O–H groups in total. The Bertz CT molecular complexity index is 309. The van der Waals surface area contributed by atoms with E-state index in [9.17, 15) is 0 Å². The minimum absolute atomic E-state index is 1.08. The van der Waals surface area contributed by atoms with Crippen LogP contribution in [-0.2, 0) is 13.5 Å². The second kappa shape index (κ2) is 2.19. The van der Waals surface area contributed by atoms with Gasteiger partial charge in [0, 0.05) is 12.8 Å². The quantitative estimate of drug-likeness (QED) is 0.499. The zero-order chi connectivity index (χ0) is 7.84. The molecule has 0 atom stereocenters. The number of imidazole rings is 1. The van der Waals surface area contributed by atoms with Crippen LogP contribution in [0.4, 0.5) is 5.82 Å². The molecule has 0 bridgehead atoms. The van der Waals surface area contributed by atoms with Crippen LogP contribution in [0.3, 0.4) is 0 Å². The van der Waals surface area contributed by atoms with Gasteiger partial charge in [0.15, 0.2) is 6.33 Å². The molecule has 0 unspecified atom stereocenters. The minimum atomic E-state index is 1.08. The topological polar surface area (TPSA) is 20.8 Å². The first-order chi connectivity index (χ1) is 5.29. The van der Waals surface area contributed by atoms with Gasteiger partial charge in [-0.05, 0) is 0 Å². The molecule has 0 fully saturated rings. The van der Waals surface area contributed by atoms with Crippen molar-refractivity contribution in [1.82, 2.24) is 9.55 Å². The van der Waals surface area contributed by atoms with E-state index in [0.29, 0.717) is 0 Å². The fourth-order valence-electron chi connectivity index (χ4n) is 1.58. The Kier molecular flexibility index (Phi) is 1.31. The first kappa shape index (κ1) is 6.58. The third kappa shape index (κ3) is 0.878. The smallest absolute Gasteiger partial charge is 0.239 e. The van der Waals surface area contributed by atoms with Gasteiger partial charge in [-0.2, -0.15) is 0 Å². The van der Waals surface area contributed by atoms with Gasteiger partial charge in [0.05, 0.1) is 20.3 Å². The molecule has 3 nitrogen and oxygen atoms in total. The lowest BCUT2D eigenvalue weighted by Gasteiger charge is -2.05. The van der Waals surface area contributed by atoms with Crippen LogP contribution in [0, 0.1) is 0 Å². The molecule has 1 aromatic heterocycles. The SMILES string of the molecule is Cn1cnc2c1[N+](C)=CCC2. The molecule has 58 valence electrons. The highest BCUT2D eigenvalue weighted by Gasteiger charge is 2.20. The molecule has 3 heteroatoms. The van der Waals surface area contributed by atoms with Crippen molar-refractivity contribution in [3.05, 3.63) is 12.0 Å². The van der Waals surface area contributed by atoms with Gasteiger partial charge in [-0.25, -0.2) is 14.1 Å². The van der Waals surface area contributed by atoms with E-state index in [1.54, 1.807) is 0 Å². The number of fused-ring (bicyclic) bond motifs is 1. The van der Waals surface area contributed by atoms with Crippen molar-refractivity contribution in [2.24, 2.45) is 7.05 Å². The Morgan fingerprint density at radius 2 is 2.45 bits per heavy atom. The molecule has 0 saturated carbocycles. The van der Waals surface area contributed by atoms with E-state index in [0.717, 1.165) is 12.8 Å². The second-order valence-electron chi connectivity index (χ2n) is 2.96. The van der Waals surface area contributed by atoms with Gasteiger partial charge in [0.1, 0.15) is 5.69 Å². The summed E-state index contributed by atoms with van der Waals surface area (Å²) in [5, 5.41) is 0. The summed E-state index contributed by atoms with van der Waals surface area (Å²) in [6.45, 7) is 0. The van der Waals surface area contributed by atoms with Crippen LogP contribution >= 0.6 is 0 Å². The molecule has 1 aliphatic rings. The van der Waals surface area contributed by atoms with E-state index < -0.39 is 0 Å². The lowest BCUT2D eigenvalue weighted by atomic mass is 10.2. The number of aryl methyl sites for hydroxylation is 2. The summed E-state index contributed by atoms with van der Waals surface area (Å²) in [7, 11) is 4.10. The molecule has 2 rings (SSSR count). The van der Waals surface area contributed by atoms with Crippen molar-refractivity contribution < 1.29 is 4.58 Å². The first-order valence-electron chi connectivity index (χ1n) is 3.85. The van der Waals surface area contributed by atoms with Crippen molar-refractivity contribution in [2.75, 3.05) is 7.05 Å². The van der Waals surface area contributed by atoms with Crippen LogP contribution < -0.4 is 0 Å². The summed E-state index contributed by atoms with van der Waals surface area (Å²) in [4.78, 5) is 4.31. The normalized spacial score (nSPS) is 16.0.